The van der Waals surface area contributed by atoms with Crippen molar-refractivity contribution in [3.63, 3.8) is 0 Å². The summed E-state index contributed by atoms with van der Waals surface area (Å²) in [5, 5.41) is 0.773. The molecule has 14 heavy (non-hydrogen) atoms. The van der Waals surface area contributed by atoms with Crippen molar-refractivity contribution in [2.75, 3.05) is 6.54 Å². The van der Waals surface area contributed by atoms with Crippen molar-refractivity contribution < 1.29 is 9.53 Å². The summed E-state index contributed by atoms with van der Waals surface area (Å²) in [4.78, 5) is 11.0. The first-order chi connectivity index (χ1) is 6.63. The summed E-state index contributed by atoms with van der Waals surface area (Å²) in [6.07, 6.45) is 0.181. The van der Waals surface area contributed by atoms with Gasteiger partial charge >= 0.3 is 5.97 Å². The first-order valence-corrected chi connectivity index (χ1v) is 4.75. The van der Waals surface area contributed by atoms with Gasteiger partial charge in [-0.3, -0.25) is 4.79 Å². The highest BCUT2D eigenvalue weighted by Crippen LogP contribution is 2.26. The molecule has 0 fully saturated rings. The minimum atomic E-state index is -0.383. The van der Waals surface area contributed by atoms with Gasteiger partial charge in [0.05, 0.1) is 16.5 Å². The number of ether oxygens (including phenoxy) is 1. The maximum atomic E-state index is 11.0. The molecule has 0 atom stereocenters. The summed E-state index contributed by atoms with van der Waals surface area (Å²) in [5.74, 6) is -0.0104. The Kier molecular flexibility index (Phi) is 4.20. The van der Waals surface area contributed by atoms with E-state index in [1.54, 1.807) is 12.1 Å². The lowest BCUT2D eigenvalue weighted by Gasteiger charge is -2.03. The maximum Gasteiger partial charge on any atom is 0.312 e. The highest BCUT2D eigenvalue weighted by molar-refractivity contribution is 6.42. The molecule has 5 heteroatoms. The fraction of sp³-hybridized carbons (Fsp3) is 0.222. The van der Waals surface area contributed by atoms with Gasteiger partial charge in [0.1, 0.15) is 5.75 Å². The Bertz CT molecular complexity index is 342. The Hall–Kier alpha value is -0.770. The fourth-order valence-corrected chi connectivity index (χ4v) is 1.13. The minimum Gasteiger partial charge on any atom is -0.426 e. The molecule has 0 aliphatic rings. The Morgan fingerprint density at radius 1 is 1.36 bits per heavy atom. The van der Waals surface area contributed by atoms with Gasteiger partial charge in [0.15, 0.2) is 0 Å². The lowest BCUT2D eigenvalue weighted by Crippen LogP contribution is -2.13. The Morgan fingerprint density at radius 3 is 2.64 bits per heavy atom. The molecule has 0 aliphatic carbocycles. The number of esters is 1. The van der Waals surface area contributed by atoms with Gasteiger partial charge in [0.2, 0.25) is 0 Å². The number of halogens is 2. The van der Waals surface area contributed by atoms with Crippen LogP contribution in [0.1, 0.15) is 6.42 Å². The summed E-state index contributed by atoms with van der Waals surface area (Å²) in [5.41, 5.74) is 5.19. The number of benzene rings is 1. The summed E-state index contributed by atoms with van der Waals surface area (Å²) in [7, 11) is 0. The first kappa shape index (κ1) is 11.3. The van der Waals surface area contributed by atoms with Crippen molar-refractivity contribution in [1.29, 1.82) is 0 Å². The van der Waals surface area contributed by atoms with E-state index in [4.69, 9.17) is 33.7 Å². The second-order valence-electron chi connectivity index (χ2n) is 2.59. The summed E-state index contributed by atoms with van der Waals surface area (Å²) >= 11 is 11.4. The van der Waals surface area contributed by atoms with Crippen LogP contribution in [0.3, 0.4) is 0 Å². The summed E-state index contributed by atoms with van der Waals surface area (Å²) in [6, 6.07) is 4.62. The van der Waals surface area contributed by atoms with Crippen LogP contribution >= 0.6 is 23.2 Å². The number of rotatable bonds is 3. The molecule has 0 aromatic heterocycles. The summed E-state index contributed by atoms with van der Waals surface area (Å²) in [6.45, 7) is 0.264. The van der Waals surface area contributed by atoms with Crippen LogP contribution in [0.2, 0.25) is 10.0 Å². The third kappa shape index (κ3) is 3.18. The Labute approximate surface area is 91.7 Å². The van der Waals surface area contributed by atoms with Crippen molar-refractivity contribution in [2.45, 2.75) is 6.42 Å². The zero-order valence-electron chi connectivity index (χ0n) is 7.30. The van der Waals surface area contributed by atoms with Gasteiger partial charge in [0, 0.05) is 12.6 Å². The molecule has 0 heterocycles. The first-order valence-electron chi connectivity index (χ1n) is 3.99. The molecule has 3 nitrogen and oxygen atoms in total. The third-order valence-corrected chi connectivity index (χ3v) is 2.21. The van der Waals surface area contributed by atoms with Gasteiger partial charge in [0.25, 0.3) is 0 Å². The van der Waals surface area contributed by atoms with Crippen molar-refractivity contribution in [1.82, 2.24) is 0 Å². The topological polar surface area (TPSA) is 52.3 Å². The van der Waals surface area contributed by atoms with Crippen LogP contribution in [-0.2, 0) is 4.79 Å². The van der Waals surface area contributed by atoms with E-state index < -0.39 is 0 Å². The molecule has 0 saturated carbocycles. The van der Waals surface area contributed by atoms with Crippen molar-refractivity contribution >= 4 is 29.2 Å². The zero-order valence-corrected chi connectivity index (χ0v) is 8.81. The molecule has 0 radical (unpaired) electrons. The molecule has 0 saturated heterocycles. The largest absolute Gasteiger partial charge is 0.426 e. The lowest BCUT2D eigenvalue weighted by molar-refractivity contribution is -0.134. The van der Waals surface area contributed by atoms with Crippen LogP contribution in [0.15, 0.2) is 18.2 Å². The van der Waals surface area contributed by atoms with Crippen LogP contribution in [0.5, 0.6) is 5.75 Å². The normalized spacial score (nSPS) is 9.93. The molecule has 0 amide bonds. The van der Waals surface area contributed by atoms with E-state index in [1.807, 2.05) is 0 Å². The van der Waals surface area contributed by atoms with Crippen LogP contribution in [0, 0.1) is 0 Å². The maximum absolute atomic E-state index is 11.0. The molecule has 76 valence electrons. The molecule has 0 aliphatic heterocycles. The van der Waals surface area contributed by atoms with Crippen molar-refractivity contribution in [3.05, 3.63) is 28.2 Å². The molecule has 1 aromatic carbocycles. The van der Waals surface area contributed by atoms with Gasteiger partial charge in [-0.25, -0.2) is 0 Å². The minimum absolute atomic E-state index is 0.181. The molecule has 0 spiro atoms. The van der Waals surface area contributed by atoms with E-state index in [2.05, 4.69) is 0 Å². The Balaban J connectivity index is 2.68. The van der Waals surface area contributed by atoms with Gasteiger partial charge < -0.3 is 10.5 Å². The van der Waals surface area contributed by atoms with Crippen LogP contribution < -0.4 is 10.5 Å². The van der Waals surface area contributed by atoms with Crippen molar-refractivity contribution in [2.24, 2.45) is 5.73 Å². The molecule has 2 N–H and O–H groups in total. The van der Waals surface area contributed by atoms with Crippen LogP contribution in [0.4, 0.5) is 0 Å². The third-order valence-electron chi connectivity index (χ3n) is 1.47. The van der Waals surface area contributed by atoms with Crippen molar-refractivity contribution in [3.8, 4) is 5.75 Å². The second-order valence-corrected chi connectivity index (χ2v) is 3.40. The van der Waals surface area contributed by atoms with E-state index in [1.165, 1.54) is 6.07 Å². The highest BCUT2D eigenvalue weighted by Gasteiger charge is 2.05. The average molecular weight is 234 g/mol. The average Bonchev–Trinajstić information content (AvgIpc) is 2.12. The Morgan fingerprint density at radius 2 is 2.07 bits per heavy atom. The number of hydrogen-bond acceptors (Lipinski definition) is 3. The predicted octanol–water partition coefficient (Wildman–Crippen LogP) is 2.25. The second kappa shape index (κ2) is 5.20. The van der Waals surface area contributed by atoms with Gasteiger partial charge in [-0.2, -0.15) is 0 Å². The quantitative estimate of drug-likeness (QED) is 0.644. The van der Waals surface area contributed by atoms with Gasteiger partial charge in [-0.05, 0) is 12.1 Å². The monoisotopic (exact) mass is 233 g/mol. The van der Waals surface area contributed by atoms with Crippen LogP contribution in [-0.4, -0.2) is 12.5 Å². The predicted molar refractivity (Wildman–Crippen MR) is 55.8 cm³/mol. The zero-order chi connectivity index (χ0) is 10.6. The molecule has 0 unspecified atom stereocenters. The number of carbonyl (C=O) groups excluding carboxylic acids is 1. The summed E-state index contributed by atoms with van der Waals surface area (Å²) < 4.78 is 4.93. The standard InChI is InChI=1S/C9H9Cl2NO2/c10-7-2-1-6(5-8(7)11)14-9(13)3-4-12/h1-2,5H,3-4,12H2. The smallest absolute Gasteiger partial charge is 0.312 e. The van der Waals surface area contributed by atoms with E-state index in [0.29, 0.717) is 15.8 Å². The molecular formula is C9H9Cl2NO2. The number of carbonyl (C=O) groups is 1. The molecular weight excluding hydrogens is 225 g/mol. The molecule has 1 aromatic rings. The van der Waals surface area contributed by atoms with E-state index in [0.717, 1.165) is 0 Å². The number of hydrogen-bond donors (Lipinski definition) is 1. The SMILES string of the molecule is NCCC(=O)Oc1ccc(Cl)c(Cl)c1. The van der Waals surface area contributed by atoms with Crippen LogP contribution in [0.25, 0.3) is 0 Å². The van der Waals surface area contributed by atoms with E-state index >= 15 is 0 Å². The highest BCUT2D eigenvalue weighted by atomic mass is 35.5. The fourth-order valence-electron chi connectivity index (χ4n) is 0.841. The lowest BCUT2D eigenvalue weighted by atomic mass is 10.3. The molecule has 1 rings (SSSR count). The van der Waals surface area contributed by atoms with Gasteiger partial charge in [-0.1, -0.05) is 23.2 Å². The number of nitrogens with two attached hydrogens (primary N) is 1. The van der Waals surface area contributed by atoms with E-state index in [-0.39, 0.29) is 18.9 Å². The van der Waals surface area contributed by atoms with Gasteiger partial charge in [-0.15, -0.1) is 0 Å². The molecule has 0 bridgehead atoms. The van der Waals surface area contributed by atoms with E-state index in [9.17, 15) is 4.79 Å².